The standard InChI is InChI=1S/C17H22N2O4S/c1-12-2-4-14(5-3-12)18-15(20)10-24-11-16(21)19-8-6-13(7-9-19)17(22)23/h2-5,13H,6-11H2,1H3,(H,18,20)(H,22,23). The van der Waals surface area contributed by atoms with E-state index in [-0.39, 0.29) is 29.2 Å². The SMILES string of the molecule is Cc1ccc(NC(=O)CSCC(=O)N2CCC(C(=O)O)CC2)cc1. The van der Waals surface area contributed by atoms with Crippen LogP contribution in [0.15, 0.2) is 24.3 Å². The molecular weight excluding hydrogens is 328 g/mol. The number of carbonyl (C=O) groups is 3. The van der Waals surface area contributed by atoms with Crippen LogP contribution in [-0.4, -0.2) is 52.4 Å². The minimum absolute atomic E-state index is 0.0352. The van der Waals surface area contributed by atoms with Gasteiger partial charge in [-0.2, -0.15) is 0 Å². The number of nitrogens with one attached hydrogen (secondary N) is 1. The highest BCUT2D eigenvalue weighted by Crippen LogP contribution is 2.18. The van der Waals surface area contributed by atoms with Crippen LogP contribution in [0.3, 0.4) is 0 Å². The summed E-state index contributed by atoms with van der Waals surface area (Å²) >= 11 is 1.27. The normalized spacial score (nSPS) is 15.1. The average molecular weight is 350 g/mol. The monoisotopic (exact) mass is 350 g/mol. The molecule has 0 bridgehead atoms. The van der Waals surface area contributed by atoms with E-state index in [4.69, 9.17) is 5.11 Å². The lowest BCUT2D eigenvalue weighted by molar-refractivity contribution is -0.145. The molecule has 0 atom stereocenters. The van der Waals surface area contributed by atoms with E-state index in [0.717, 1.165) is 11.3 Å². The number of carboxylic acid groups (broad SMARTS) is 1. The molecule has 1 saturated heterocycles. The van der Waals surface area contributed by atoms with Crippen molar-refractivity contribution in [3.8, 4) is 0 Å². The molecule has 0 aromatic heterocycles. The van der Waals surface area contributed by atoms with Crippen molar-refractivity contribution in [3.05, 3.63) is 29.8 Å². The van der Waals surface area contributed by atoms with E-state index in [0.29, 0.717) is 25.9 Å². The van der Waals surface area contributed by atoms with Crippen LogP contribution >= 0.6 is 11.8 Å². The fourth-order valence-electron chi connectivity index (χ4n) is 2.53. The number of piperidine rings is 1. The molecule has 0 radical (unpaired) electrons. The minimum atomic E-state index is -0.788. The lowest BCUT2D eigenvalue weighted by atomic mass is 9.97. The number of aryl methyl sites for hydroxylation is 1. The van der Waals surface area contributed by atoms with E-state index in [1.165, 1.54) is 11.8 Å². The van der Waals surface area contributed by atoms with Crippen molar-refractivity contribution in [2.24, 2.45) is 5.92 Å². The minimum Gasteiger partial charge on any atom is -0.481 e. The first-order valence-electron chi connectivity index (χ1n) is 7.90. The predicted molar refractivity (Wildman–Crippen MR) is 94.1 cm³/mol. The number of hydrogen-bond acceptors (Lipinski definition) is 4. The lowest BCUT2D eigenvalue weighted by Crippen LogP contribution is -2.41. The van der Waals surface area contributed by atoms with Crippen molar-refractivity contribution < 1.29 is 19.5 Å². The average Bonchev–Trinajstić information content (AvgIpc) is 2.57. The van der Waals surface area contributed by atoms with Crippen LogP contribution < -0.4 is 5.32 Å². The lowest BCUT2D eigenvalue weighted by Gasteiger charge is -2.30. The first-order chi connectivity index (χ1) is 11.5. The molecule has 1 fully saturated rings. The van der Waals surface area contributed by atoms with E-state index in [9.17, 15) is 14.4 Å². The molecule has 1 heterocycles. The summed E-state index contributed by atoms with van der Waals surface area (Å²) in [4.78, 5) is 36.5. The molecule has 0 unspecified atom stereocenters. The van der Waals surface area contributed by atoms with E-state index < -0.39 is 5.97 Å². The molecule has 0 saturated carbocycles. The zero-order chi connectivity index (χ0) is 17.5. The quantitative estimate of drug-likeness (QED) is 0.819. The van der Waals surface area contributed by atoms with E-state index in [1.807, 2.05) is 31.2 Å². The Hall–Kier alpha value is -2.02. The third kappa shape index (κ3) is 5.56. The number of aliphatic carboxylic acids is 1. The number of nitrogens with zero attached hydrogens (tertiary/aromatic N) is 1. The van der Waals surface area contributed by atoms with E-state index >= 15 is 0 Å². The Morgan fingerprint density at radius 1 is 1.17 bits per heavy atom. The molecule has 2 N–H and O–H groups in total. The summed E-state index contributed by atoms with van der Waals surface area (Å²) in [7, 11) is 0. The Morgan fingerprint density at radius 3 is 2.38 bits per heavy atom. The molecule has 0 aliphatic carbocycles. The molecule has 2 amide bonds. The van der Waals surface area contributed by atoms with Crippen molar-refractivity contribution in [1.82, 2.24) is 4.90 Å². The number of likely N-dealkylation sites (tertiary alicyclic amines) is 1. The summed E-state index contributed by atoms with van der Waals surface area (Å²) in [5, 5.41) is 11.7. The number of thioether (sulfide) groups is 1. The molecule has 24 heavy (non-hydrogen) atoms. The highest BCUT2D eigenvalue weighted by atomic mass is 32.2. The van der Waals surface area contributed by atoms with E-state index in [2.05, 4.69) is 5.32 Å². The Bertz CT molecular complexity index is 595. The number of benzene rings is 1. The maximum atomic E-state index is 12.1. The van der Waals surface area contributed by atoms with Crippen molar-refractivity contribution in [2.45, 2.75) is 19.8 Å². The highest BCUT2D eigenvalue weighted by Gasteiger charge is 2.26. The molecule has 7 heteroatoms. The van der Waals surface area contributed by atoms with Gasteiger partial charge in [-0.15, -0.1) is 11.8 Å². The fraction of sp³-hybridized carbons (Fsp3) is 0.471. The smallest absolute Gasteiger partial charge is 0.306 e. The van der Waals surface area contributed by atoms with Crippen molar-refractivity contribution >= 4 is 35.2 Å². The largest absolute Gasteiger partial charge is 0.481 e. The van der Waals surface area contributed by atoms with Gasteiger partial charge < -0.3 is 15.3 Å². The summed E-state index contributed by atoms with van der Waals surface area (Å²) < 4.78 is 0. The number of carboxylic acids is 1. The molecule has 6 nitrogen and oxygen atoms in total. The van der Waals surface area contributed by atoms with Crippen LogP contribution in [0.25, 0.3) is 0 Å². The Balaban J connectivity index is 1.66. The second-order valence-electron chi connectivity index (χ2n) is 5.90. The zero-order valence-corrected chi connectivity index (χ0v) is 14.5. The second kappa shape index (κ2) is 8.73. The van der Waals surface area contributed by atoms with Crippen molar-refractivity contribution in [1.29, 1.82) is 0 Å². The van der Waals surface area contributed by atoms with Gasteiger partial charge in [-0.3, -0.25) is 14.4 Å². The highest BCUT2D eigenvalue weighted by molar-refractivity contribution is 8.00. The number of carbonyl (C=O) groups excluding carboxylic acids is 2. The Labute approximate surface area is 145 Å². The molecular formula is C17H22N2O4S. The van der Waals surface area contributed by atoms with Crippen LogP contribution in [0.5, 0.6) is 0 Å². The molecule has 1 aliphatic heterocycles. The van der Waals surface area contributed by atoms with Crippen LogP contribution in [0, 0.1) is 12.8 Å². The molecule has 2 rings (SSSR count). The van der Waals surface area contributed by atoms with Crippen LogP contribution in [0.4, 0.5) is 5.69 Å². The van der Waals surface area contributed by atoms with Gasteiger partial charge in [0.2, 0.25) is 11.8 Å². The maximum absolute atomic E-state index is 12.1. The third-order valence-corrected chi connectivity index (χ3v) is 4.91. The first-order valence-corrected chi connectivity index (χ1v) is 9.06. The van der Waals surface area contributed by atoms with Gasteiger partial charge in [0.15, 0.2) is 0 Å². The van der Waals surface area contributed by atoms with Crippen LogP contribution in [0.1, 0.15) is 18.4 Å². The van der Waals surface area contributed by atoms with E-state index in [1.54, 1.807) is 4.90 Å². The molecule has 1 aromatic rings. The summed E-state index contributed by atoms with van der Waals surface area (Å²) in [6.45, 7) is 2.93. The second-order valence-corrected chi connectivity index (χ2v) is 6.89. The van der Waals surface area contributed by atoms with Crippen molar-refractivity contribution in [3.63, 3.8) is 0 Å². The predicted octanol–water partition coefficient (Wildman–Crippen LogP) is 1.99. The number of hydrogen-bond donors (Lipinski definition) is 2. The first kappa shape index (κ1) is 18.3. The van der Waals surface area contributed by atoms with Gasteiger partial charge in [-0.05, 0) is 31.9 Å². The van der Waals surface area contributed by atoms with Gasteiger partial charge in [0.25, 0.3) is 0 Å². The summed E-state index contributed by atoms with van der Waals surface area (Å²) in [6, 6.07) is 7.53. The van der Waals surface area contributed by atoms with Gasteiger partial charge >= 0.3 is 5.97 Å². The Kier molecular flexibility index (Phi) is 6.66. The number of anilines is 1. The summed E-state index contributed by atoms with van der Waals surface area (Å²) in [6.07, 6.45) is 0.999. The van der Waals surface area contributed by atoms with Gasteiger partial charge in [0.1, 0.15) is 0 Å². The molecule has 130 valence electrons. The van der Waals surface area contributed by atoms with Crippen molar-refractivity contribution in [2.75, 3.05) is 29.9 Å². The number of amides is 2. The Morgan fingerprint density at radius 2 is 1.79 bits per heavy atom. The van der Waals surface area contributed by atoms with Gasteiger partial charge in [-0.1, -0.05) is 17.7 Å². The summed E-state index contributed by atoms with van der Waals surface area (Å²) in [5.74, 6) is -0.857. The maximum Gasteiger partial charge on any atom is 0.306 e. The topological polar surface area (TPSA) is 86.7 Å². The molecule has 1 aliphatic rings. The van der Waals surface area contributed by atoms with Gasteiger partial charge in [0, 0.05) is 18.8 Å². The molecule has 1 aromatic carbocycles. The van der Waals surface area contributed by atoms with Gasteiger partial charge in [0.05, 0.1) is 17.4 Å². The van der Waals surface area contributed by atoms with Crippen LogP contribution in [-0.2, 0) is 14.4 Å². The fourth-order valence-corrected chi connectivity index (χ4v) is 3.25. The zero-order valence-electron chi connectivity index (χ0n) is 13.7. The third-order valence-electron chi connectivity index (χ3n) is 3.99. The van der Waals surface area contributed by atoms with Gasteiger partial charge in [-0.25, -0.2) is 0 Å². The summed E-state index contributed by atoms with van der Waals surface area (Å²) in [5.41, 5.74) is 1.87. The van der Waals surface area contributed by atoms with Crippen LogP contribution in [0.2, 0.25) is 0 Å². The number of rotatable bonds is 6. The molecule has 0 spiro atoms.